The fraction of sp³-hybridized carbons (Fsp3) is 0.636. The fourth-order valence-corrected chi connectivity index (χ4v) is 3.80. The molecular formula is C22H34INO. The van der Waals surface area contributed by atoms with Crippen molar-refractivity contribution in [3.8, 4) is 11.8 Å². The van der Waals surface area contributed by atoms with Crippen LogP contribution >= 0.6 is 0 Å². The summed E-state index contributed by atoms with van der Waals surface area (Å²) in [5.74, 6) is 6.70. The Morgan fingerprint density at radius 2 is 1.60 bits per heavy atom. The van der Waals surface area contributed by atoms with Crippen LogP contribution in [-0.4, -0.2) is 36.3 Å². The summed E-state index contributed by atoms with van der Waals surface area (Å²) in [5, 5.41) is 11.6. The molecule has 140 valence electrons. The molecule has 1 atom stereocenters. The first kappa shape index (κ1) is 22.5. The molecule has 0 aliphatic carbocycles. The van der Waals surface area contributed by atoms with Crippen LogP contribution in [0.25, 0.3) is 0 Å². The summed E-state index contributed by atoms with van der Waals surface area (Å²) in [7, 11) is 2.30. The first-order valence-corrected chi connectivity index (χ1v) is 9.51. The Balaban J connectivity index is 0.00000312. The zero-order valence-electron chi connectivity index (χ0n) is 16.3. The molecule has 1 saturated heterocycles. The van der Waals surface area contributed by atoms with Crippen LogP contribution in [0.1, 0.15) is 58.4 Å². The second-order valence-corrected chi connectivity index (χ2v) is 7.93. The summed E-state index contributed by atoms with van der Waals surface area (Å²) < 4.78 is 1.02. The Bertz CT molecular complexity index is 579. The van der Waals surface area contributed by atoms with E-state index in [0.29, 0.717) is 0 Å². The van der Waals surface area contributed by atoms with Gasteiger partial charge in [0.25, 0.3) is 0 Å². The summed E-state index contributed by atoms with van der Waals surface area (Å²) in [5.41, 5.74) is -0.417. The SMILES string of the molecule is CCC(C)(CC)C(O)(C#CC[N+]1(C)CCCCC1)c1ccccc1.[I-]. The Morgan fingerprint density at radius 3 is 2.12 bits per heavy atom. The van der Waals surface area contributed by atoms with E-state index in [1.807, 2.05) is 30.3 Å². The third kappa shape index (κ3) is 4.99. The molecule has 0 amide bonds. The first-order valence-electron chi connectivity index (χ1n) is 9.51. The van der Waals surface area contributed by atoms with Gasteiger partial charge in [-0.25, -0.2) is 0 Å². The lowest BCUT2D eigenvalue weighted by Crippen LogP contribution is -3.00. The zero-order valence-corrected chi connectivity index (χ0v) is 18.5. The quantitative estimate of drug-likeness (QED) is 0.404. The molecule has 25 heavy (non-hydrogen) atoms. The number of halogens is 1. The smallest absolute Gasteiger partial charge is 0.156 e. The first-order chi connectivity index (χ1) is 11.4. The zero-order chi connectivity index (χ0) is 17.7. The highest BCUT2D eigenvalue weighted by Crippen LogP contribution is 2.44. The maximum Gasteiger partial charge on any atom is 0.156 e. The van der Waals surface area contributed by atoms with E-state index in [1.165, 1.54) is 32.4 Å². The van der Waals surface area contributed by atoms with Gasteiger partial charge in [0.2, 0.25) is 0 Å². The minimum absolute atomic E-state index is 0. The fourth-order valence-electron chi connectivity index (χ4n) is 3.80. The molecule has 0 bridgehead atoms. The molecular weight excluding hydrogens is 421 g/mol. The van der Waals surface area contributed by atoms with Gasteiger partial charge in [0.15, 0.2) is 5.60 Å². The van der Waals surface area contributed by atoms with Crippen molar-refractivity contribution in [3.63, 3.8) is 0 Å². The molecule has 1 N–H and O–H groups in total. The van der Waals surface area contributed by atoms with Crippen LogP contribution in [0.5, 0.6) is 0 Å². The van der Waals surface area contributed by atoms with Crippen LogP contribution in [0.15, 0.2) is 30.3 Å². The van der Waals surface area contributed by atoms with Gasteiger partial charge in [-0.15, -0.1) is 0 Å². The lowest BCUT2D eigenvalue weighted by atomic mass is 9.66. The predicted molar refractivity (Wildman–Crippen MR) is 101 cm³/mol. The Morgan fingerprint density at radius 1 is 1.04 bits per heavy atom. The molecule has 1 fully saturated rings. The van der Waals surface area contributed by atoms with E-state index in [9.17, 15) is 5.11 Å². The number of benzene rings is 1. The van der Waals surface area contributed by atoms with Gasteiger partial charge in [0.1, 0.15) is 6.54 Å². The summed E-state index contributed by atoms with van der Waals surface area (Å²) in [6.45, 7) is 9.70. The number of aliphatic hydroxyl groups is 1. The molecule has 3 heteroatoms. The van der Waals surface area contributed by atoms with Crippen molar-refractivity contribution in [1.29, 1.82) is 0 Å². The minimum atomic E-state index is -1.09. The molecule has 0 saturated carbocycles. The van der Waals surface area contributed by atoms with Gasteiger partial charge < -0.3 is 33.6 Å². The molecule has 1 aliphatic heterocycles. The van der Waals surface area contributed by atoms with Gasteiger partial charge in [-0.2, -0.15) is 0 Å². The average Bonchev–Trinajstić information content (AvgIpc) is 2.62. The van der Waals surface area contributed by atoms with Crippen molar-refractivity contribution in [2.45, 2.75) is 58.5 Å². The Hall–Kier alpha value is -0.570. The van der Waals surface area contributed by atoms with Crippen molar-refractivity contribution < 1.29 is 33.6 Å². The van der Waals surface area contributed by atoms with E-state index in [4.69, 9.17) is 0 Å². The molecule has 0 radical (unpaired) electrons. The number of likely N-dealkylation sites (tertiary alicyclic amines) is 1. The van der Waals surface area contributed by atoms with Crippen molar-refractivity contribution in [2.24, 2.45) is 5.41 Å². The predicted octanol–water partition coefficient (Wildman–Crippen LogP) is 1.34. The number of piperidine rings is 1. The third-order valence-electron chi connectivity index (χ3n) is 6.25. The van der Waals surface area contributed by atoms with Crippen molar-refractivity contribution in [1.82, 2.24) is 0 Å². The number of rotatable bonds is 5. The molecule has 1 aliphatic rings. The van der Waals surface area contributed by atoms with E-state index in [1.54, 1.807) is 0 Å². The number of hydrogen-bond acceptors (Lipinski definition) is 1. The second-order valence-electron chi connectivity index (χ2n) is 7.93. The van der Waals surface area contributed by atoms with E-state index < -0.39 is 5.60 Å². The number of hydrogen-bond donors (Lipinski definition) is 1. The highest BCUT2D eigenvalue weighted by molar-refractivity contribution is 5.35. The molecule has 2 rings (SSSR count). The summed E-state index contributed by atoms with van der Waals surface area (Å²) in [4.78, 5) is 0. The van der Waals surface area contributed by atoms with E-state index in [-0.39, 0.29) is 29.4 Å². The molecule has 1 unspecified atom stereocenters. The van der Waals surface area contributed by atoms with Crippen LogP contribution in [0.3, 0.4) is 0 Å². The van der Waals surface area contributed by atoms with Crippen molar-refractivity contribution in [3.05, 3.63) is 35.9 Å². The monoisotopic (exact) mass is 455 g/mol. The van der Waals surface area contributed by atoms with Gasteiger partial charge in [-0.05, 0) is 43.6 Å². The average molecular weight is 455 g/mol. The van der Waals surface area contributed by atoms with Crippen LogP contribution in [0, 0.1) is 17.3 Å². The van der Waals surface area contributed by atoms with Gasteiger partial charge in [-0.1, -0.05) is 57.0 Å². The van der Waals surface area contributed by atoms with Crippen molar-refractivity contribution >= 4 is 0 Å². The lowest BCUT2D eigenvalue weighted by Gasteiger charge is -2.41. The van der Waals surface area contributed by atoms with Crippen LogP contribution in [0.4, 0.5) is 0 Å². The third-order valence-corrected chi connectivity index (χ3v) is 6.25. The van der Waals surface area contributed by atoms with Gasteiger partial charge in [-0.3, -0.25) is 0 Å². The summed E-state index contributed by atoms with van der Waals surface area (Å²) in [6.07, 6.45) is 5.73. The number of quaternary nitrogens is 1. The number of nitrogens with zero attached hydrogens (tertiary/aromatic N) is 1. The summed E-state index contributed by atoms with van der Waals surface area (Å²) >= 11 is 0. The van der Waals surface area contributed by atoms with E-state index in [2.05, 4.69) is 39.7 Å². The van der Waals surface area contributed by atoms with Crippen LogP contribution < -0.4 is 24.0 Å². The van der Waals surface area contributed by atoms with Crippen molar-refractivity contribution in [2.75, 3.05) is 26.7 Å². The van der Waals surface area contributed by atoms with E-state index >= 15 is 0 Å². The maximum absolute atomic E-state index is 11.6. The maximum atomic E-state index is 11.6. The second kappa shape index (κ2) is 9.39. The lowest BCUT2D eigenvalue weighted by molar-refractivity contribution is -0.907. The largest absolute Gasteiger partial charge is 1.00 e. The summed E-state index contributed by atoms with van der Waals surface area (Å²) in [6, 6.07) is 10.00. The minimum Gasteiger partial charge on any atom is -1.00 e. The molecule has 1 aromatic carbocycles. The van der Waals surface area contributed by atoms with E-state index in [0.717, 1.165) is 29.4 Å². The molecule has 1 aromatic rings. The Kier molecular flexibility index (Phi) is 8.44. The molecule has 0 spiro atoms. The van der Waals surface area contributed by atoms with Crippen LogP contribution in [-0.2, 0) is 5.60 Å². The normalized spacial score (nSPS) is 19.1. The standard InChI is InChI=1S/C22H34NO.HI/c1-5-21(3,6-2)22(24,20-14-9-7-10-15-20)16-13-19-23(4)17-11-8-12-18-23;/h7,9-10,14-15,24H,5-6,8,11-12,17-19H2,1-4H3;1H/q+1;/p-1. The van der Waals surface area contributed by atoms with Gasteiger partial charge in [0, 0.05) is 5.41 Å². The van der Waals surface area contributed by atoms with Crippen LogP contribution in [0.2, 0.25) is 0 Å². The Labute approximate surface area is 171 Å². The molecule has 1 heterocycles. The highest BCUT2D eigenvalue weighted by atomic mass is 127. The highest BCUT2D eigenvalue weighted by Gasteiger charge is 2.44. The molecule has 2 nitrogen and oxygen atoms in total. The molecule has 0 aromatic heterocycles. The van der Waals surface area contributed by atoms with Gasteiger partial charge in [0.05, 0.1) is 20.1 Å². The topological polar surface area (TPSA) is 20.2 Å². The van der Waals surface area contributed by atoms with Gasteiger partial charge >= 0.3 is 0 Å².